The number of aryl methyl sites for hydroxylation is 3. The SMILES string of the molecule is Cc1cc(CCc2ccccc2)oc(=O)c1C(=O)NCCNC(=O)c1ccncc1. The lowest BCUT2D eigenvalue weighted by Gasteiger charge is -2.09. The molecule has 0 bridgehead atoms. The van der Waals surface area contributed by atoms with Crippen molar-refractivity contribution in [3.05, 3.63) is 99.4 Å². The third-order valence-electron chi connectivity index (χ3n) is 4.57. The van der Waals surface area contributed by atoms with Crippen LogP contribution < -0.4 is 16.3 Å². The van der Waals surface area contributed by atoms with E-state index in [4.69, 9.17) is 4.42 Å². The number of amides is 2. The number of hydrogen-bond donors (Lipinski definition) is 2. The first-order valence-electron chi connectivity index (χ1n) is 9.68. The van der Waals surface area contributed by atoms with Crippen LogP contribution in [0, 0.1) is 6.92 Å². The van der Waals surface area contributed by atoms with E-state index in [-0.39, 0.29) is 24.6 Å². The minimum Gasteiger partial charge on any atom is -0.427 e. The van der Waals surface area contributed by atoms with Crippen LogP contribution in [0.3, 0.4) is 0 Å². The zero-order valence-corrected chi connectivity index (χ0v) is 16.7. The molecule has 0 atom stereocenters. The number of hydrogen-bond acceptors (Lipinski definition) is 5. The molecule has 0 unspecified atom stereocenters. The molecule has 7 nitrogen and oxygen atoms in total. The van der Waals surface area contributed by atoms with E-state index in [1.165, 1.54) is 12.4 Å². The van der Waals surface area contributed by atoms with Gasteiger partial charge < -0.3 is 15.1 Å². The van der Waals surface area contributed by atoms with Crippen molar-refractivity contribution in [3.8, 4) is 0 Å². The van der Waals surface area contributed by atoms with Crippen molar-refractivity contribution in [1.82, 2.24) is 15.6 Å². The molecule has 154 valence electrons. The smallest absolute Gasteiger partial charge is 0.349 e. The molecular weight excluding hydrogens is 382 g/mol. The van der Waals surface area contributed by atoms with Gasteiger partial charge in [-0.3, -0.25) is 14.6 Å². The Morgan fingerprint density at radius 3 is 2.27 bits per heavy atom. The average molecular weight is 405 g/mol. The third-order valence-corrected chi connectivity index (χ3v) is 4.57. The van der Waals surface area contributed by atoms with Gasteiger partial charge in [-0.15, -0.1) is 0 Å². The summed E-state index contributed by atoms with van der Waals surface area (Å²) < 4.78 is 5.34. The fourth-order valence-corrected chi connectivity index (χ4v) is 3.03. The molecule has 0 aliphatic carbocycles. The van der Waals surface area contributed by atoms with E-state index in [1.807, 2.05) is 30.3 Å². The van der Waals surface area contributed by atoms with Crippen LogP contribution >= 0.6 is 0 Å². The summed E-state index contributed by atoms with van der Waals surface area (Å²) in [6, 6.07) is 14.8. The minimum absolute atomic E-state index is 0.0149. The first-order valence-corrected chi connectivity index (χ1v) is 9.68. The molecule has 2 heterocycles. The Labute approximate surface area is 174 Å². The summed E-state index contributed by atoms with van der Waals surface area (Å²) >= 11 is 0. The Balaban J connectivity index is 1.53. The van der Waals surface area contributed by atoms with Crippen LogP contribution in [0.5, 0.6) is 0 Å². The number of pyridine rings is 1. The maximum Gasteiger partial charge on any atom is 0.349 e. The summed E-state index contributed by atoms with van der Waals surface area (Å²) in [5, 5.41) is 5.33. The molecule has 2 N–H and O–H groups in total. The lowest BCUT2D eigenvalue weighted by atomic mass is 10.1. The Kier molecular flexibility index (Phi) is 7.10. The number of carbonyl (C=O) groups is 2. The van der Waals surface area contributed by atoms with Crippen molar-refractivity contribution < 1.29 is 14.0 Å². The zero-order valence-electron chi connectivity index (χ0n) is 16.7. The average Bonchev–Trinajstić information content (AvgIpc) is 2.76. The monoisotopic (exact) mass is 405 g/mol. The molecule has 0 radical (unpaired) electrons. The van der Waals surface area contributed by atoms with Gasteiger partial charge in [0.2, 0.25) is 0 Å². The number of benzene rings is 1. The second-order valence-corrected chi connectivity index (χ2v) is 6.79. The van der Waals surface area contributed by atoms with Gasteiger partial charge in [0, 0.05) is 37.5 Å². The van der Waals surface area contributed by atoms with Crippen molar-refractivity contribution in [2.75, 3.05) is 13.1 Å². The number of nitrogens with zero attached hydrogens (tertiary/aromatic N) is 1. The molecule has 0 fully saturated rings. The van der Waals surface area contributed by atoms with E-state index in [2.05, 4.69) is 15.6 Å². The van der Waals surface area contributed by atoms with E-state index in [0.717, 1.165) is 12.0 Å². The molecule has 3 rings (SSSR count). The van der Waals surface area contributed by atoms with Crippen molar-refractivity contribution in [3.63, 3.8) is 0 Å². The van der Waals surface area contributed by atoms with Gasteiger partial charge in [0.1, 0.15) is 11.3 Å². The van der Waals surface area contributed by atoms with Crippen LogP contribution in [0.1, 0.15) is 37.6 Å². The van der Waals surface area contributed by atoms with Crippen LogP contribution in [0.4, 0.5) is 0 Å². The molecule has 7 heteroatoms. The molecule has 2 aromatic heterocycles. The van der Waals surface area contributed by atoms with Crippen molar-refractivity contribution in [2.24, 2.45) is 0 Å². The van der Waals surface area contributed by atoms with Gasteiger partial charge in [0.15, 0.2) is 0 Å². The summed E-state index contributed by atoms with van der Waals surface area (Å²) in [5.41, 5.74) is 1.52. The van der Waals surface area contributed by atoms with Gasteiger partial charge in [0.25, 0.3) is 11.8 Å². The highest BCUT2D eigenvalue weighted by Gasteiger charge is 2.16. The number of aromatic nitrogens is 1. The fraction of sp³-hybridized carbons (Fsp3) is 0.217. The van der Waals surface area contributed by atoms with Crippen LogP contribution in [0.25, 0.3) is 0 Å². The highest BCUT2D eigenvalue weighted by molar-refractivity contribution is 5.95. The van der Waals surface area contributed by atoms with Crippen LogP contribution in [0.15, 0.2) is 70.1 Å². The Morgan fingerprint density at radius 2 is 1.60 bits per heavy atom. The molecule has 0 aliphatic rings. The number of nitrogens with one attached hydrogen (secondary N) is 2. The molecular formula is C23H23N3O4. The second kappa shape index (κ2) is 10.2. The predicted octanol–water partition coefficient (Wildman–Crippen LogP) is 2.29. The van der Waals surface area contributed by atoms with E-state index < -0.39 is 11.5 Å². The lowest BCUT2D eigenvalue weighted by Crippen LogP contribution is -2.36. The summed E-state index contributed by atoms with van der Waals surface area (Å²) in [6.45, 7) is 2.12. The first-order chi connectivity index (χ1) is 14.5. The Morgan fingerprint density at radius 1 is 0.933 bits per heavy atom. The predicted molar refractivity (Wildman–Crippen MR) is 112 cm³/mol. The minimum atomic E-state index is -0.656. The van der Waals surface area contributed by atoms with E-state index in [1.54, 1.807) is 25.1 Å². The van der Waals surface area contributed by atoms with Gasteiger partial charge >= 0.3 is 5.63 Å². The summed E-state index contributed by atoms with van der Waals surface area (Å²) in [6.07, 6.45) is 4.37. The fourth-order valence-electron chi connectivity index (χ4n) is 3.03. The largest absolute Gasteiger partial charge is 0.427 e. The Bertz CT molecular complexity index is 1060. The van der Waals surface area contributed by atoms with E-state index in [0.29, 0.717) is 23.3 Å². The molecule has 0 spiro atoms. The van der Waals surface area contributed by atoms with Crippen molar-refractivity contribution in [1.29, 1.82) is 0 Å². The van der Waals surface area contributed by atoms with Crippen LogP contribution in [-0.4, -0.2) is 29.9 Å². The van der Waals surface area contributed by atoms with Crippen molar-refractivity contribution in [2.45, 2.75) is 19.8 Å². The molecule has 0 aliphatic heterocycles. The second-order valence-electron chi connectivity index (χ2n) is 6.79. The van der Waals surface area contributed by atoms with Gasteiger partial charge in [0.05, 0.1) is 0 Å². The summed E-state index contributed by atoms with van der Waals surface area (Å²) in [4.78, 5) is 40.5. The molecule has 3 aromatic rings. The van der Waals surface area contributed by atoms with Gasteiger partial charge in [-0.1, -0.05) is 30.3 Å². The van der Waals surface area contributed by atoms with E-state index >= 15 is 0 Å². The maximum absolute atomic E-state index is 12.4. The normalized spacial score (nSPS) is 10.4. The van der Waals surface area contributed by atoms with E-state index in [9.17, 15) is 14.4 Å². The molecule has 2 amide bonds. The topological polar surface area (TPSA) is 101 Å². The zero-order chi connectivity index (χ0) is 21.3. The third kappa shape index (κ3) is 5.64. The van der Waals surface area contributed by atoms with Crippen LogP contribution in [-0.2, 0) is 12.8 Å². The van der Waals surface area contributed by atoms with Crippen molar-refractivity contribution >= 4 is 11.8 Å². The molecule has 0 saturated heterocycles. The standard InChI is InChI=1S/C23H23N3O4/c1-16-15-19(8-7-17-5-3-2-4-6-17)30-23(29)20(16)22(28)26-14-13-25-21(27)18-9-11-24-12-10-18/h2-6,9-12,15H,7-8,13-14H2,1H3,(H,25,27)(H,26,28). The number of carbonyl (C=O) groups excluding carboxylic acids is 2. The molecule has 30 heavy (non-hydrogen) atoms. The maximum atomic E-state index is 12.4. The lowest BCUT2D eigenvalue weighted by molar-refractivity contribution is 0.0924. The highest BCUT2D eigenvalue weighted by atomic mass is 16.4. The summed E-state index contributed by atoms with van der Waals surface area (Å²) in [7, 11) is 0. The first kappa shape index (κ1) is 21.0. The van der Waals surface area contributed by atoms with Gasteiger partial charge in [-0.25, -0.2) is 4.79 Å². The number of rotatable bonds is 8. The molecule has 0 saturated carbocycles. The van der Waals surface area contributed by atoms with Gasteiger partial charge in [-0.2, -0.15) is 0 Å². The Hall–Kier alpha value is -3.74. The molecule has 1 aromatic carbocycles. The van der Waals surface area contributed by atoms with Gasteiger partial charge in [-0.05, 0) is 42.7 Å². The van der Waals surface area contributed by atoms with Crippen LogP contribution in [0.2, 0.25) is 0 Å². The highest BCUT2D eigenvalue weighted by Crippen LogP contribution is 2.10. The summed E-state index contributed by atoms with van der Waals surface area (Å²) in [5.74, 6) is -0.235. The quantitative estimate of drug-likeness (QED) is 0.560.